The van der Waals surface area contributed by atoms with Crippen molar-refractivity contribution in [1.29, 1.82) is 0 Å². The van der Waals surface area contributed by atoms with Gasteiger partial charge in [0.15, 0.2) is 0 Å². The summed E-state index contributed by atoms with van der Waals surface area (Å²) in [7, 11) is 1.53. The lowest BCUT2D eigenvalue weighted by Gasteiger charge is -2.25. The Hall–Kier alpha value is -3.90. The maximum absolute atomic E-state index is 13.0. The zero-order chi connectivity index (χ0) is 23.4. The van der Waals surface area contributed by atoms with Gasteiger partial charge in [0, 0.05) is 19.2 Å². The van der Waals surface area contributed by atoms with Crippen molar-refractivity contribution >= 4 is 17.4 Å². The number of carbonyl (C=O) groups excluding carboxylic acids is 2. The molecule has 3 aromatic rings. The number of aliphatic hydroxyl groups excluding tert-OH is 1. The Morgan fingerprint density at radius 3 is 2.33 bits per heavy atom. The third-order valence-electron chi connectivity index (χ3n) is 5.55. The number of Topliss-reactive ketones (excluding diaryl/α,β-unsaturated/α-hetero) is 1. The SMILES string of the molecule is COCCN1C(=O)C(=O)/C(=C(/O)c2ccc(C)cc2)[C@H]1c1cccc(Oc2ccccc2)c1. The number of benzene rings is 3. The minimum atomic E-state index is -0.763. The molecule has 1 aliphatic rings. The lowest BCUT2D eigenvalue weighted by atomic mass is 9.95. The van der Waals surface area contributed by atoms with E-state index in [0.29, 0.717) is 22.6 Å². The van der Waals surface area contributed by atoms with Gasteiger partial charge in [-0.25, -0.2) is 0 Å². The molecular formula is C27H25NO5. The van der Waals surface area contributed by atoms with Crippen molar-refractivity contribution in [2.24, 2.45) is 0 Å². The number of aliphatic hydroxyl groups is 1. The third kappa shape index (κ3) is 4.66. The molecule has 0 bridgehead atoms. The second kappa shape index (κ2) is 9.71. The first-order valence-electron chi connectivity index (χ1n) is 10.7. The Bertz CT molecular complexity index is 1180. The number of nitrogens with zero attached hydrogens (tertiary/aromatic N) is 1. The van der Waals surface area contributed by atoms with Gasteiger partial charge in [0.05, 0.1) is 18.2 Å². The van der Waals surface area contributed by atoms with E-state index >= 15 is 0 Å². The summed E-state index contributed by atoms with van der Waals surface area (Å²) in [5.74, 6) is -0.356. The zero-order valence-corrected chi connectivity index (χ0v) is 18.5. The van der Waals surface area contributed by atoms with E-state index in [1.54, 1.807) is 30.3 Å². The highest BCUT2D eigenvalue weighted by Gasteiger charge is 2.46. The Morgan fingerprint density at radius 1 is 0.939 bits per heavy atom. The van der Waals surface area contributed by atoms with Crippen molar-refractivity contribution in [2.75, 3.05) is 20.3 Å². The van der Waals surface area contributed by atoms with Gasteiger partial charge >= 0.3 is 0 Å². The maximum Gasteiger partial charge on any atom is 0.295 e. The molecule has 1 saturated heterocycles. The van der Waals surface area contributed by atoms with E-state index in [2.05, 4.69) is 0 Å². The molecule has 1 N–H and O–H groups in total. The molecule has 0 aromatic heterocycles. The summed E-state index contributed by atoms with van der Waals surface area (Å²) in [6.07, 6.45) is 0. The van der Waals surface area contributed by atoms with Crippen LogP contribution >= 0.6 is 0 Å². The topological polar surface area (TPSA) is 76.1 Å². The van der Waals surface area contributed by atoms with E-state index < -0.39 is 17.7 Å². The highest BCUT2D eigenvalue weighted by Crippen LogP contribution is 2.40. The second-order valence-corrected chi connectivity index (χ2v) is 7.84. The van der Waals surface area contributed by atoms with Gasteiger partial charge in [-0.15, -0.1) is 0 Å². The molecule has 0 saturated carbocycles. The highest BCUT2D eigenvalue weighted by molar-refractivity contribution is 6.46. The fourth-order valence-electron chi connectivity index (χ4n) is 3.89. The first-order chi connectivity index (χ1) is 16.0. The molecule has 1 amide bonds. The molecule has 3 aromatic carbocycles. The van der Waals surface area contributed by atoms with Crippen molar-refractivity contribution < 1.29 is 24.2 Å². The number of ketones is 1. The van der Waals surface area contributed by atoms with Crippen LogP contribution in [0.4, 0.5) is 0 Å². The average Bonchev–Trinajstić information content (AvgIpc) is 3.08. The first kappa shape index (κ1) is 22.3. The Kier molecular flexibility index (Phi) is 6.56. The summed E-state index contributed by atoms with van der Waals surface area (Å²) in [5, 5.41) is 11.1. The second-order valence-electron chi connectivity index (χ2n) is 7.84. The normalized spacial score (nSPS) is 17.4. The van der Waals surface area contributed by atoms with Crippen molar-refractivity contribution in [3.63, 3.8) is 0 Å². The quantitative estimate of drug-likeness (QED) is 0.321. The molecule has 1 aliphatic heterocycles. The monoisotopic (exact) mass is 443 g/mol. The molecule has 0 radical (unpaired) electrons. The number of amides is 1. The van der Waals surface area contributed by atoms with Crippen LogP contribution in [0.15, 0.2) is 84.4 Å². The summed E-state index contributed by atoms with van der Waals surface area (Å²) in [4.78, 5) is 27.4. The molecule has 6 heteroatoms. The van der Waals surface area contributed by atoms with Crippen LogP contribution in [0.3, 0.4) is 0 Å². The molecule has 6 nitrogen and oxygen atoms in total. The van der Waals surface area contributed by atoms with Gasteiger partial charge in [0.2, 0.25) is 0 Å². The van der Waals surface area contributed by atoms with Crippen molar-refractivity contribution in [1.82, 2.24) is 4.90 Å². The van der Waals surface area contributed by atoms with Crippen LogP contribution in [0.5, 0.6) is 11.5 Å². The predicted octanol–water partition coefficient (Wildman–Crippen LogP) is 4.86. The van der Waals surface area contributed by atoms with E-state index in [-0.39, 0.29) is 24.5 Å². The van der Waals surface area contributed by atoms with Crippen LogP contribution < -0.4 is 4.74 Å². The molecule has 1 heterocycles. The summed E-state index contributed by atoms with van der Waals surface area (Å²) >= 11 is 0. The van der Waals surface area contributed by atoms with E-state index in [0.717, 1.165) is 5.56 Å². The number of hydrogen-bond acceptors (Lipinski definition) is 5. The summed E-state index contributed by atoms with van der Waals surface area (Å²) in [6, 6.07) is 22.9. The van der Waals surface area contributed by atoms with Crippen molar-refractivity contribution in [3.05, 3.63) is 101 Å². The number of methoxy groups -OCH3 is 1. The van der Waals surface area contributed by atoms with Gasteiger partial charge in [-0.2, -0.15) is 0 Å². The maximum atomic E-state index is 13.0. The van der Waals surface area contributed by atoms with E-state index in [1.165, 1.54) is 12.0 Å². The van der Waals surface area contributed by atoms with Crippen LogP contribution in [0.2, 0.25) is 0 Å². The van der Waals surface area contributed by atoms with Crippen LogP contribution in [-0.2, 0) is 14.3 Å². The molecular weight excluding hydrogens is 418 g/mol. The van der Waals surface area contributed by atoms with E-state index in [9.17, 15) is 14.7 Å². The molecule has 4 rings (SSSR count). The van der Waals surface area contributed by atoms with Crippen LogP contribution in [-0.4, -0.2) is 42.0 Å². The van der Waals surface area contributed by atoms with Gasteiger partial charge in [-0.1, -0.05) is 60.2 Å². The Morgan fingerprint density at radius 2 is 1.64 bits per heavy atom. The fourth-order valence-corrected chi connectivity index (χ4v) is 3.89. The first-order valence-corrected chi connectivity index (χ1v) is 10.7. The van der Waals surface area contributed by atoms with Crippen LogP contribution in [0, 0.1) is 6.92 Å². The number of likely N-dealkylation sites (tertiary alicyclic amines) is 1. The number of aryl methyl sites for hydroxylation is 1. The molecule has 0 aliphatic carbocycles. The number of rotatable bonds is 7. The molecule has 1 fully saturated rings. The third-order valence-corrected chi connectivity index (χ3v) is 5.55. The van der Waals surface area contributed by atoms with Gasteiger partial charge in [0.1, 0.15) is 17.3 Å². The minimum absolute atomic E-state index is 0.0526. The Labute approximate surface area is 192 Å². The predicted molar refractivity (Wildman–Crippen MR) is 125 cm³/mol. The van der Waals surface area contributed by atoms with E-state index in [1.807, 2.05) is 55.5 Å². The lowest BCUT2D eigenvalue weighted by molar-refractivity contribution is -0.140. The average molecular weight is 443 g/mol. The minimum Gasteiger partial charge on any atom is -0.507 e. The van der Waals surface area contributed by atoms with Gasteiger partial charge in [-0.3, -0.25) is 9.59 Å². The number of carbonyl (C=O) groups is 2. The van der Waals surface area contributed by atoms with Crippen molar-refractivity contribution in [3.8, 4) is 11.5 Å². The van der Waals surface area contributed by atoms with E-state index in [4.69, 9.17) is 9.47 Å². The summed E-state index contributed by atoms with van der Waals surface area (Å²) in [6.45, 7) is 2.40. The zero-order valence-electron chi connectivity index (χ0n) is 18.5. The van der Waals surface area contributed by atoms with Crippen LogP contribution in [0.25, 0.3) is 5.76 Å². The fraction of sp³-hybridized carbons (Fsp3) is 0.185. The van der Waals surface area contributed by atoms with Gasteiger partial charge in [0.25, 0.3) is 11.7 Å². The lowest BCUT2D eigenvalue weighted by Crippen LogP contribution is -2.32. The number of ether oxygens (including phenoxy) is 2. The van der Waals surface area contributed by atoms with Gasteiger partial charge < -0.3 is 19.5 Å². The summed E-state index contributed by atoms with van der Waals surface area (Å²) in [5.41, 5.74) is 2.21. The number of hydrogen-bond donors (Lipinski definition) is 1. The molecule has 1 atom stereocenters. The Balaban J connectivity index is 1.79. The largest absolute Gasteiger partial charge is 0.507 e. The molecule has 33 heavy (non-hydrogen) atoms. The number of para-hydroxylation sites is 1. The molecule has 0 spiro atoms. The van der Waals surface area contributed by atoms with Crippen LogP contribution in [0.1, 0.15) is 22.7 Å². The summed E-state index contributed by atoms with van der Waals surface area (Å²) < 4.78 is 11.1. The molecule has 0 unspecified atom stereocenters. The standard InChI is InChI=1S/C27H25NO5/c1-18-11-13-19(14-12-18)25(29)23-24(28(15-16-32-2)27(31)26(23)30)20-7-6-10-22(17-20)33-21-8-4-3-5-9-21/h3-14,17,24,29H,15-16H2,1-2H3/b25-23+/t24-/m1/s1. The molecule has 168 valence electrons. The van der Waals surface area contributed by atoms with Gasteiger partial charge in [-0.05, 0) is 36.8 Å². The van der Waals surface area contributed by atoms with Crippen molar-refractivity contribution in [2.45, 2.75) is 13.0 Å². The smallest absolute Gasteiger partial charge is 0.295 e. The highest BCUT2D eigenvalue weighted by atomic mass is 16.5.